The fourth-order valence-electron chi connectivity index (χ4n) is 5.93. The summed E-state index contributed by atoms with van der Waals surface area (Å²) in [4.78, 5) is 24.3. The van der Waals surface area contributed by atoms with E-state index in [0.29, 0.717) is 36.4 Å². The minimum atomic E-state index is -0.810. The first-order valence-corrected chi connectivity index (χ1v) is 13.4. The third-order valence-electron chi connectivity index (χ3n) is 7.95. The van der Waals surface area contributed by atoms with Gasteiger partial charge in [-0.3, -0.25) is 4.90 Å². The van der Waals surface area contributed by atoms with Crippen molar-refractivity contribution in [3.05, 3.63) is 60.8 Å². The van der Waals surface area contributed by atoms with Gasteiger partial charge in [-0.2, -0.15) is 4.98 Å². The first-order valence-electron chi connectivity index (χ1n) is 13.4. The molecule has 0 radical (unpaired) electrons. The topological polar surface area (TPSA) is 103 Å². The smallest absolute Gasteiger partial charge is 0.317 e. The minimum Gasteiger partial charge on any atom is -0.461 e. The van der Waals surface area contributed by atoms with Gasteiger partial charge in [-0.1, -0.05) is 0 Å². The first-order chi connectivity index (χ1) is 19.5. The highest BCUT2D eigenvalue weighted by Gasteiger charge is 2.49. The van der Waals surface area contributed by atoms with Crippen molar-refractivity contribution in [3.8, 4) is 17.5 Å². The Labute approximate surface area is 230 Å². The van der Waals surface area contributed by atoms with Gasteiger partial charge in [0.1, 0.15) is 41.6 Å². The molecular formula is C29H29FN8O2. The molecule has 2 aliphatic heterocycles. The van der Waals surface area contributed by atoms with Gasteiger partial charge in [0.2, 0.25) is 0 Å². The van der Waals surface area contributed by atoms with Crippen LogP contribution >= 0.6 is 0 Å². The number of benzene rings is 2. The van der Waals surface area contributed by atoms with Crippen LogP contribution in [0.1, 0.15) is 24.8 Å². The number of aromatic nitrogens is 6. The zero-order chi connectivity index (χ0) is 27.3. The average Bonchev–Trinajstić information content (AvgIpc) is 3.60. The Balaban J connectivity index is 1.09. The number of anilines is 2. The first kappa shape index (κ1) is 24.6. The number of hydrogen-bond acceptors (Lipinski definition) is 9. The Morgan fingerprint density at radius 1 is 1.10 bits per heavy atom. The third-order valence-corrected chi connectivity index (χ3v) is 7.95. The number of nitrogens with one attached hydrogen (secondary N) is 1. The molecule has 2 fully saturated rings. The predicted octanol–water partition coefficient (Wildman–Crippen LogP) is 5.11. The summed E-state index contributed by atoms with van der Waals surface area (Å²) in [6, 6.07) is 11.9. The van der Waals surface area contributed by atoms with Crippen molar-refractivity contribution in [2.75, 3.05) is 25.0 Å². The van der Waals surface area contributed by atoms with Crippen LogP contribution in [0, 0.1) is 6.92 Å². The van der Waals surface area contributed by atoms with Crippen LogP contribution in [0.3, 0.4) is 0 Å². The number of aryl methyl sites for hydroxylation is 2. The van der Waals surface area contributed by atoms with Gasteiger partial charge < -0.3 is 19.4 Å². The molecule has 0 aliphatic carbocycles. The summed E-state index contributed by atoms with van der Waals surface area (Å²) >= 11 is 0. The normalized spacial score (nSPS) is 20.7. The largest absolute Gasteiger partial charge is 0.461 e. The van der Waals surface area contributed by atoms with Crippen molar-refractivity contribution >= 4 is 33.6 Å². The van der Waals surface area contributed by atoms with Crippen molar-refractivity contribution in [2.45, 2.75) is 37.9 Å². The second kappa shape index (κ2) is 9.67. The molecule has 3 aromatic heterocycles. The molecule has 2 aromatic carbocycles. The summed E-state index contributed by atoms with van der Waals surface area (Å²) in [6.07, 6.45) is 6.55. The molecule has 2 aliphatic rings. The van der Waals surface area contributed by atoms with E-state index in [-0.39, 0.29) is 11.5 Å². The van der Waals surface area contributed by atoms with Crippen LogP contribution in [0.2, 0.25) is 0 Å². The maximum Gasteiger partial charge on any atom is 0.317 e. The van der Waals surface area contributed by atoms with E-state index in [0.717, 1.165) is 53.2 Å². The van der Waals surface area contributed by atoms with Gasteiger partial charge >= 0.3 is 6.01 Å². The standard InChI is InChI=1S/C29H29FN8O2/c1-18-10-20(4-7-25(18)40-21-5-6-24-22(11-21)34-17-37(24)2)35-27-26-23(32-16-33-27)13-31-28(36-26)39-15-29-8-3-9-38(29)14-19(30)12-29/h4-7,10-11,13,16-17,19H,3,8-9,12,14-15H2,1-2H3,(H,32,33,35)/t19-,29-/m0/s1. The number of ether oxygens (including phenoxy) is 2. The highest BCUT2D eigenvalue weighted by molar-refractivity contribution is 5.86. The van der Waals surface area contributed by atoms with E-state index in [4.69, 9.17) is 9.47 Å². The summed E-state index contributed by atoms with van der Waals surface area (Å²) < 4.78 is 28.3. The molecule has 0 spiro atoms. The molecule has 7 rings (SSSR count). The Morgan fingerprint density at radius 3 is 2.92 bits per heavy atom. The number of fused-ring (bicyclic) bond motifs is 3. The molecule has 40 heavy (non-hydrogen) atoms. The molecule has 2 atom stereocenters. The monoisotopic (exact) mass is 540 g/mol. The lowest BCUT2D eigenvalue weighted by molar-refractivity contribution is 0.107. The molecule has 0 bridgehead atoms. The van der Waals surface area contributed by atoms with E-state index in [2.05, 4.69) is 35.1 Å². The van der Waals surface area contributed by atoms with Crippen LogP contribution in [0.5, 0.6) is 17.5 Å². The van der Waals surface area contributed by atoms with E-state index in [9.17, 15) is 4.39 Å². The molecular weight excluding hydrogens is 511 g/mol. The molecule has 0 unspecified atom stereocenters. The van der Waals surface area contributed by atoms with Crippen molar-refractivity contribution < 1.29 is 13.9 Å². The van der Waals surface area contributed by atoms with Crippen LogP contribution < -0.4 is 14.8 Å². The van der Waals surface area contributed by atoms with E-state index in [1.165, 1.54) is 6.33 Å². The Kier molecular flexibility index (Phi) is 5.96. The van der Waals surface area contributed by atoms with Crippen molar-refractivity contribution in [3.63, 3.8) is 0 Å². The van der Waals surface area contributed by atoms with Crippen molar-refractivity contribution in [1.29, 1.82) is 0 Å². The summed E-state index contributed by atoms with van der Waals surface area (Å²) in [6.45, 7) is 3.74. The SMILES string of the molecule is Cc1cc(Nc2ncnc3cnc(OC[C@@]45CCCN4C[C@@H](F)C5)nc23)ccc1Oc1ccc2c(c1)ncn2C. The predicted molar refractivity (Wildman–Crippen MR) is 149 cm³/mol. The number of imidazole rings is 1. The lowest BCUT2D eigenvalue weighted by atomic mass is 9.95. The second-order valence-corrected chi connectivity index (χ2v) is 10.7. The third kappa shape index (κ3) is 4.45. The minimum absolute atomic E-state index is 0.235. The lowest BCUT2D eigenvalue weighted by Crippen LogP contribution is -2.43. The van der Waals surface area contributed by atoms with E-state index in [1.807, 2.05) is 54.9 Å². The maximum atomic E-state index is 14.1. The summed E-state index contributed by atoms with van der Waals surface area (Å²) in [5.41, 5.74) is 4.58. The van der Waals surface area contributed by atoms with Crippen LogP contribution in [-0.4, -0.2) is 65.8 Å². The Hall–Kier alpha value is -4.38. The van der Waals surface area contributed by atoms with Crippen LogP contribution in [-0.2, 0) is 7.05 Å². The number of halogens is 1. The van der Waals surface area contributed by atoms with E-state index < -0.39 is 6.17 Å². The highest BCUT2D eigenvalue weighted by atomic mass is 19.1. The molecule has 204 valence electrons. The summed E-state index contributed by atoms with van der Waals surface area (Å²) in [5, 5.41) is 3.35. The summed E-state index contributed by atoms with van der Waals surface area (Å²) in [5.74, 6) is 2.01. The van der Waals surface area contributed by atoms with Gasteiger partial charge in [-0.15, -0.1) is 0 Å². The van der Waals surface area contributed by atoms with Crippen LogP contribution in [0.25, 0.3) is 22.1 Å². The van der Waals surface area contributed by atoms with Gasteiger partial charge in [0.15, 0.2) is 5.82 Å². The van der Waals surface area contributed by atoms with Gasteiger partial charge in [0.25, 0.3) is 0 Å². The van der Waals surface area contributed by atoms with Gasteiger partial charge in [-0.25, -0.2) is 24.3 Å². The maximum absolute atomic E-state index is 14.1. The van der Waals surface area contributed by atoms with Gasteiger partial charge in [0, 0.05) is 31.8 Å². The molecule has 0 amide bonds. The lowest BCUT2D eigenvalue weighted by Gasteiger charge is -2.30. The molecule has 1 N–H and O–H groups in total. The number of hydrogen-bond donors (Lipinski definition) is 1. The zero-order valence-electron chi connectivity index (χ0n) is 22.3. The van der Waals surface area contributed by atoms with Crippen LogP contribution in [0.4, 0.5) is 15.9 Å². The van der Waals surface area contributed by atoms with E-state index in [1.54, 1.807) is 12.5 Å². The Bertz CT molecular complexity index is 1730. The number of alkyl halides is 1. The number of rotatable bonds is 7. The Morgan fingerprint density at radius 2 is 2.02 bits per heavy atom. The molecule has 2 saturated heterocycles. The fraction of sp³-hybridized carbons (Fsp3) is 0.345. The quantitative estimate of drug-likeness (QED) is 0.302. The van der Waals surface area contributed by atoms with Gasteiger partial charge in [0.05, 0.1) is 29.1 Å². The van der Waals surface area contributed by atoms with Crippen LogP contribution in [0.15, 0.2) is 55.2 Å². The fourth-order valence-corrected chi connectivity index (χ4v) is 5.93. The number of nitrogens with zero attached hydrogens (tertiary/aromatic N) is 7. The van der Waals surface area contributed by atoms with Crippen molar-refractivity contribution in [1.82, 2.24) is 34.4 Å². The summed E-state index contributed by atoms with van der Waals surface area (Å²) in [7, 11) is 1.97. The molecule has 0 saturated carbocycles. The highest BCUT2D eigenvalue weighted by Crippen LogP contribution is 2.40. The van der Waals surface area contributed by atoms with Gasteiger partial charge in [-0.05, 0) is 62.2 Å². The second-order valence-electron chi connectivity index (χ2n) is 10.7. The average molecular weight is 541 g/mol. The van der Waals surface area contributed by atoms with E-state index >= 15 is 0 Å². The molecule has 5 aromatic rings. The van der Waals surface area contributed by atoms with Crippen molar-refractivity contribution in [2.24, 2.45) is 7.05 Å². The zero-order valence-corrected chi connectivity index (χ0v) is 22.3. The molecule has 10 nitrogen and oxygen atoms in total. The molecule has 11 heteroatoms. The molecule has 5 heterocycles.